The van der Waals surface area contributed by atoms with Crippen molar-refractivity contribution in [3.8, 4) is 5.88 Å². The second-order valence-corrected chi connectivity index (χ2v) is 14.5. The molecule has 2 aliphatic carbocycles. The molecule has 0 radical (unpaired) electrons. The molecule has 1 unspecified atom stereocenters. The minimum atomic E-state index is -3.77. The van der Waals surface area contributed by atoms with E-state index in [1.807, 2.05) is 97.9 Å². The molecule has 8 rings (SSSR count). The highest BCUT2D eigenvalue weighted by Crippen LogP contribution is 2.42. The maximum atomic E-state index is 15.8. The number of hydrogen-bond acceptors (Lipinski definition) is 4. The Hall–Kier alpha value is -4.73. The van der Waals surface area contributed by atoms with Crippen LogP contribution >= 0.6 is 0 Å². The zero-order valence-electron chi connectivity index (χ0n) is 26.3. The number of amides is 2. The molecule has 0 bridgehead atoms. The third-order valence-electron chi connectivity index (χ3n) is 9.72. The maximum absolute atomic E-state index is 15.8. The van der Waals surface area contributed by atoms with E-state index in [0.717, 1.165) is 60.9 Å². The van der Waals surface area contributed by atoms with Crippen LogP contribution in [0.2, 0.25) is 0 Å². The van der Waals surface area contributed by atoms with Crippen molar-refractivity contribution in [3.63, 3.8) is 0 Å². The van der Waals surface area contributed by atoms with Gasteiger partial charge in [-0.3, -0.25) is 0 Å². The summed E-state index contributed by atoms with van der Waals surface area (Å²) in [4.78, 5) is 14.5. The van der Waals surface area contributed by atoms with Crippen molar-refractivity contribution in [3.05, 3.63) is 142 Å². The number of urea groups is 1. The van der Waals surface area contributed by atoms with Crippen LogP contribution in [0.1, 0.15) is 64.8 Å². The number of aryl methyl sites for hydroxylation is 2. The lowest BCUT2D eigenvalue weighted by Gasteiger charge is -2.37. The van der Waals surface area contributed by atoms with Crippen molar-refractivity contribution in [2.75, 3.05) is 11.9 Å². The Balaban J connectivity index is 1.34. The summed E-state index contributed by atoms with van der Waals surface area (Å²) < 4.78 is 31.8. The smallest absolute Gasteiger partial charge is 0.354 e. The number of carbonyl (C=O) groups excluding carboxylic acids is 1. The molecule has 2 amide bonds. The summed E-state index contributed by atoms with van der Waals surface area (Å²) >= 11 is 0. The summed E-state index contributed by atoms with van der Waals surface area (Å²) in [5, 5.41) is 7.71. The van der Waals surface area contributed by atoms with Crippen molar-refractivity contribution in [2.45, 2.75) is 61.9 Å². The van der Waals surface area contributed by atoms with Gasteiger partial charge in [0, 0.05) is 5.69 Å². The molecule has 9 heteroatoms. The first kappa shape index (κ1) is 29.7. The second-order valence-electron chi connectivity index (χ2n) is 12.7. The highest BCUT2D eigenvalue weighted by atomic mass is 32.2. The van der Waals surface area contributed by atoms with Crippen LogP contribution in [0.15, 0.2) is 113 Å². The van der Waals surface area contributed by atoms with Gasteiger partial charge >= 0.3 is 6.03 Å². The van der Waals surface area contributed by atoms with Gasteiger partial charge in [-0.2, -0.15) is 5.10 Å². The number of nitrogens with zero attached hydrogens (tertiary/aromatic N) is 3. The summed E-state index contributed by atoms with van der Waals surface area (Å²) in [7, 11) is -3.77. The van der Waals surface area contributed by atoms with Gasteiger partial charge in [0.2, 0.25) is 5.88 Å². The average molecular weight is 644 g/mol. The molecule has 5 aromatic rings. The largest absolute Gasteiger partial charge is 0.475 e. The van der Waals surface area contributed by atoms with Crippen LogP contribution in [-0.4, -0.2) is 26.6 Å². The van der Waals surface area contributed by atoms with E-state index in [9.17, 15) is 4.79 Å². The minimum Gasteiger partial charge on any atom is -0.475 e. The number of carbonyl (C=O) groups is 1. The fourth-order valence-corrected chi connectivity index (χ4v) is 9.42. The Kier molecular flexibility index (Phi) is 7.45. The van der Waals surface area contributed by atoms with Gasteiger partial charge in [-0.1, -0.05) is 97.1 Å². The van der Waals surface area contributed by atoms with E-state index in [0.29, 0.717) is 12.5 Å². The van der Waals surface area contributed by atoms with E-state index in [1.165, 1.54) is 28.5 Å². The Morgan fingerprint density at radius 1 is 0.851 bits per heavy atom. The third-order valence-corrected chi connectivity index (χ3v) is 11.6. The van der Waals surface area contributed by atoms with Gasteiger partial charge in [0.25, 0.3) is 0 Å². The highest BCUT2D eigenvalue weighted by Gasteiger charge is 2.42. The standard InChI is InChI=1S/C38H37N5O3S/c1-26-25-46-36-34(24-39-43(26)36)47(45,41-37(44)40-35-32-21-11-13-27(32)23-28-14-12-22-33(28)35)42-38(29-15-5-2-6-16-29,30-17-7-3-8-18-30)31-19-9-4-10-20-31/h2-10,15-20,23-24,26H,11-14,21-22,25H2,1H3,(H2,40,41,42,44,45)/t26-,47?/m1/s1. The van der Waals surface area contributed by atoms with Crippen molar-refractivity contribution in [2.24, 2.45) is 4.36 Å². The summed E-state index contributed by atoms with van der Waals surface area (Å²) in [6.07, 6.45) is 7.48. The summed E-state index contributed by atoms with van der Waals surface area (Å²) in [5.74, 6) is 0.358. The third kappa shape index (κ3) is 5.05. The van der Waals surface area contributed by atoms with Gasteiger partial charge in [0.15, 0.2) is 9.92 Å². The molecule has 0 saturated heterocycles. The predicted octanol–water partition coefficient (Wildman–Crippen LogP) is 7.37. The fourth-order valence-electron chi connectivity index (χ4n) is 7.54. The monoisotopic (exact) mass is 643 g/mol. The molecule has 1 aromatic heterocycles. The second kappa shape index (κ2) is 11.8. The molecule has 47 heavy (non-hydrogen) atoms. The zero-order valence-corrected chi connectivity index (χ0v) is 27.1. The lowest BCUT2D eigenvalue weighted by atomic mass is 9.78. The Morgan fingerprint density at radius 2 is 1.38 bits per heavy atom. The summed E-state index contributed by atoms with van der Waals surface area (Å²) in [5.41, 5.74) is 7.19. The van der Waals surface area contributed by atoms with Crippen molar-refractivity contribution < 1.29 is 13.7 Å². The van der Waals surface area contributed by atoms with Crippen molar-refractivity contribution >= 4 is 21.6 Å². The van der Waals surface area contributed by atoms with Gasteiger partial charge in [-0.25, -0.2) is 18.4 Å². The SMILES string of the molecule is C[C@@H]1COc2c(S(=O)(=NC(=O)Nc3c4c(cc5c3CCC5)CCC4)NC(c3ccccc3)(c3ccccc3)c3ccccc3)cnn21. The van der Waals surface area contributed by atoms with Gasteiger partial charge in [0.1, 0.15) is 17.0 Å². The molecular weight excluding hydrogens is 607 g/mol. The molecular formula is C38H37N5O3S. The van der Waals surface area contributed by atoms with Crippen molar-refractivity contribution in [1.29, 1.82) is 0 Å². The first-order valence-corrected chi connectivity index (χ1v) is 17.9. The lowest BCUT2D eigenvalue weighted by molar-refractivity contribution is 0.260. The number of rotatable bonds is 7. The normalized spacial score (nSPS) is 17.7. The molecule has 2 N–H and O–H groups in total. The van der Waals surface area contributed by atoms with E-state index in [2.05, 4.69) is 25.6 Å². The van der Waals surface area contributed by atoms with Crippen LogP contribution in [0, 0.1) is 0 Å². The molecule has 238 valence electrons. The highest BCUT2D eigenvalue weighted by molar-refractivity contribution is 7.92. The van der Waals surface area contributed by atoms with Crippen molar-refractivity contribution in [1.82, 2.24) is 14.5 Å². The fraction of sp³-hybridized carbons (Fsp3) is 0.263. The van der Waals surface area contributed by atoms with Crippen LogP contribution in [-0.2, 0) is 41.1 Å². The number of ether oxygens (including phenoxy) is 1. The molecule has 4 aromatic carbocycles. The number of anilines is 1. The number of hydrogen-bond donors (Lipinski definition) is 2. The zero-order chi connectivity index (χ0) is 32.0. The quantitative estimate of drug-likeness (QED) is 0.181. The minimum absolute atomic E-state index is 0.0483. The lowest BCUT2D eigenvalue weighted by Crippen LogP contribution is -2.48. The van der Waals surface area contributed by atoms with E-state index in [-0.39, 0.29) is 10.9 Å². The molecule has 0 fully saturated rings. The summed E-state index contributed by atoms with van der Waals surface area (Å²) in [6.45, 7) is 2.38. The Morgan fingerprint density at radius 3 is 1.91 bits per heavy atom. The number of benzene rings is 4. The number of aromatic nitrogens is 2. The van der Waals surface area contributed by atoms with E-state index in [4.69, 9.17) is 4.74 Å². The Labute approximate surface area is 275 Å². The molecule has 8 nitrogen and oxygen atoms in total. The van der Waals surface area contributed by atoms with Crippen LogP contribution in [0.5, 0.6) is 5.88 Å². The molecule has 2 heterocycles. The van der Waals surface area contributed by atoms with Gasteiger partial charge in [-0.05, 0) is 84.4 Å². The average Bonchev–Trinajstić information content (AvgIpc) is 3.91. The number of fused-ring (bicyclic) bond motifs is 3. The van der Waals surface area contributed by atoms with E-state index >= 15 is 4.21 Å². The first-order valence-electron chi connectivity index (χ1n) is 16.4. The molecule has 0 saturated carbocycles. The van der Waals surface area contributed by atoms with Gasteiger partial charge in [-0.15, -0.1) is 4.36 Å². The molecule has 1 aliphatic heterocycles. The molecule has 2 atom stereocenters. The van der Waals surface area contributed by atoms with Crippen LogP contribution in [0.25, 0.3) is 0 Å². The molecule has 0 spiro atoms. The van der Waals surface area contributed by atoms with E-state index < -0.39 is 21.5 Å². The van der Waals surface area contributed by atoms with Crippen LogP contribution < -0.4 is 14.8 Å². The molecule has 3 aliphatic rings. The number of nitrogens with one attached hydrogen (secondary N) is 2. The van der Waals surface area contributed by atoms with Crippen LogP contribution in [0.3, 0.4) is 0 Å². The van der Waals surface area contributed by atoms with Crippen LogP contribution in [0.4, 0.5) is 10.5 Å². The summed E-state index contributed by atoms with van der Waals surface area (Å²) in [6, 6.07) is 31.3. The van der Waals surface area contributed by atoms with Gasteiger partial charge < -0.3 is 10.1 Å². The Bertz CT molecular complexity index is 1960. The van der Waals surface area contributed by atoms with Gasteiger partial charge in [0.05, 0.1) is 12.2 Å². The van der Waals surface area contributed by atoms with E-state index in [1.54, 1.807) is 4.68 Å². The predicted molar refractivity (Wildman–Crippen MR) is 183 cm³/mol. The first-order chi connectivity index (χ1) is 23.0. The maximum Gasteiger partial charge on any atom is 0.354 e. The topological polar surface area (TPSA) is 97.6 Å².